The average molecular weight is 590 g/mol. The molecule has 3 unspecified atom stereocenters. The highest BCUT2D eigenvalue weighted by Crippen LogP contribution is 2.31. The number of fused-ring (bicyclic) bond motifs is 1. The number of aromatic hydroxyl groups is 1. The summed E-state index contributed by atoms with van der Waals surface area (Å²) in [6.45, 7) is 15.1. The van der Waals surface area contributed by atoms with Crippen molar-refractivity contribution in [2.75, 3.05) is 5.32 Å². The molecule has 8 heteroatoms. The summed E-state index contributed by atoms with van der Waals surface area (Å²) in [5.74, 6) is -0.765. The average Bonchev–Trinajstić information content (AvgIpc) is 2.91. The maximum Gasteiger partial charge on any atom is 0.408 e. The van der Waals surface area contributed by atoms with Crippen LogP contribution in [0.5, 0.6) is 5.75 Å². The molecule has 0 bridgehead atoms. The lowest BCUT2D eigenvalue weighted by atomic mass is 9.94. The van der Waals surface area contributed by atoms with E-state index in [1.54, 1.807) is 37.8 Å². The van der Waals surface area contributed by atoms with Crippen LogP contribution >= 0.6 is 0 Å². The van der Waals surface area contributed by atoms with E-state index in [1.165, 1.54) is 12.1 Å². The molecule has 0 heterocycles. The van der Waals surface area contributed by atoms with Crippen LogP contribution in [-0.2, 0) is 14.3 Å². The predicted molar refractivity (Wildman–Crippen MR) is 172 cm³/mol. The highest BCUT2D eigenvalue weighted by molar-refractivity contribution is 6.00. The Morgan fingerprint density at radius 1 is 0.860 bits per heavy atom. The fourth-order valence-corrected chi connectivity index (χ4v) is 5.03. The normalized spacial score (nSPS) is 13.8. The number of hydrogen-bond acceptors (Lipinski definition) is 5. The largest absolute Gasteiger partial charge is 0.508 e. The molecule has 0 aliphatic carbocycles. The molecule has 0 spiro atoms. The van der Waals surface area contributed by atoms with Crippen LogP contribution in [-0.4, -0.2) is 45.6 Å². The molecule has 3 amide bonds. The van der Waals surface area contributed by atoms with Gasteiger partial charge in [0.1, 0.15) is 23.4 Å². The molecule has 3 N–H and O–H groups in total. The predicted octanol–water partition coefficient (Wildman–Crippen LogP) is 7.43. The van der Waals surface area contributed by atoms with Crippen molar-refractivity contribution in [2.45, 2.75) is 92.0 Å². The summed E-state index contributed by atoms with van der Waals surface area (Å²) in [6, 6.07) is 17.5. The maximum absolute atomic E-state index is 14.5. The van der Waals surface area contributed by atoms with E-state index in [-0.39, 0.29) is 17.7 Å². The van der Waals surface area contributed by atoms with Crippen molar-refractivity contribution >= 4 is 34.4 Å². The van der Waals surface area contributed by atoms with E-state index < -0.39 is 35.6 Å². The highest BCUT2D eigenvalue weighted by Gasteiger charge is 2.40. The van der Waals surface area contributed by atoms with Gasteiger partial charge < -0.3 is 25.4 Å². The van der Waals surface area contributed by atoms with E-state index in [1.807, 2.05) is 63.2 Å². The van der Waals surface area contributed by atoms with Crippen molar-refractivity contribution < 1.29 is 24.2 Å². The third kappa shape index (κ3) is 9.46. The number of carbonyl (C=O) groups is 3. The monoisotopic (exact) mass is 589 g/mol. The molecular weight excluding hydrogens is 542 g/mol. The van der Waals surface area contributed by atoms with Gasteiger partial charge in [-0.05, 0) is 93.0 Å². The van der Waals surface area contributed by atoms with Crippen molar-refractivity contribution in [1.29, 1.82) is 0 Å². The maximum atomic E-state index is 14.5. The van der Waals surface area contributed by atoms with Crippen LogP contribution < -0.4 is 10.6 Å². The summed E-state index contributed by atoms with van der Waals surface area (Å²) in [5, 5.41) is 18.2. The molecule has 0 saturated carbocycles. The van der Waals surface area contributed by atoms with E-state index in [4.69, 9.17) is 4.74 Å². The van der Waals surface area contributed by atoms with Gasteiger partial charge in [0.2, 0.25) is 5.91 Å². The smallest absolute Gasteiger partial charge is 0.408 e. The first-order chi connectivity index (χ1) is 20.2. The Morgan fingerprint density at radius 2 is 1.53 bits per heavy atom. The molecule has 0 aromatic heterocycles. The van der Waals surface area contributed by atoms with E-state index in [0.29, 0.717) is 23.6 Å². The second-order valence-electron chi connectivity index (χ2n) is 13.0. The lowest BCUT2D eigenvalue weighted by Crippen LogP contribution is -2.56. The van der Waals surface area contributed by atoms with Gasteiger partial charge >= 0.3 is 6.09 Å². The Bertz CT molecular complexity index is 1410. The zero-order chi connectivity index (χ0) is 31.9. The second-order valence-corrected chi connectivity index (χ2v) is 13.0. The third-order valence-electron chi connectivity index (χ3n) is 7.23. The first-order valence-corrected chi connectivity index (χ1v) is 15.1. The number of benzene rings is 3. The fraction of sp³-hybridized carbons (Fsp3) is 0.457. The number of nitrogens with zero attached hydrogens (tertiary/aromatic N) is 1. The van der Waals surface area contributed by atoms with Crippen LogP contribution in [0.15, 0.2) is 66.7 Å². The van der Waals surface area contributed by atoms with Crippen molar-refractivity contribution in [2.24, 2.45) is 11.8 Å². The van der Waals surface area contributed by atoms with Crippen LogP contribution in [0.25, 0.3) is 10.8 Å². The Kier molecular flexibility index (Phi) is 11.2. The molecule has 3 aromatic rings. The summed E-state index contributed by atoms with van der Waals surface area (Å²) in [4.78, 5) is 43.2. The molecule has 3 aromatic carbocycles. The Labute approximate surface area is 255 Å². The summed E-state index contributed by atoms with van der Waals surface area (Å²) in [6.07, 6.45) is 0.763. The summed E-state index contributed by atoms with van der Waals surface area (Å²) in [5.41, 5.74) is 0.300. The van der Waals surface area contributed by atoms with Crippen LogP contribution in [0.3, 0.4) is 0 Å². The van der Waals surface area contributed by atoms with Crippen LogP contribution in [0.4, 0.5) is 10.5 Å². The quantitative estimate of drug-likeness (QED) is 0.216. The first-order valence-electron chi connectivity index (χ1n) is 15.1. The number of nitrogens with one attached hydrogen (secondary N) is 2. The number of hydrogen-bond donors (Lipinski definition) is 3. The summed E-state index contributed by atoms with van der Waals surface area (Å²) in [7, 11) is 0. The van der Waals surface area contributed by atoms with Crippen molar-refractivity contribution in [3.63, 3.8) is 0 Å². The molecule has 0 radical (unpaired) electrons. The van der Waals surface area contributed by atoms with Crippen molar-refractivity contribution in [1.82, 2.24) is 10.2 Å². The van der Waals surface area contributed by atoms with E-state index in [0.717, 1.165) is 17.2 Å². The van der Waals surface area contributed by atoms with Gasteiger partial charge in [0.05, 0.1) is 0 Å². The zero-order valence-electron chi connectivity index (χ0n) is 26.7. The number of phenols is 1. The van der Waals surface area contributed by atoms with Crippen LogP contribution in [0.1, 0.15) is 79.8 Å². The molecule has 0 aliphatic heterocycles. The summed E-state index contributed by atoms with van der Waals surface area (Å²) >= 11 is 0. The Balaban J connectivity index is 2.09. The Morgan fingerprint density at radius 3 is 2.14 bits per heavy atom. The van der Waals surface area contributed by atoms with Crippen LogP contribution in [0.2, 0.25) is 0 Å². The number of phenolic OH excluding ortho intramolecular Hbond substituents is 1. The van der Waals surface area contributed by atoms with Gasteiger partial charge in [-0.3, -0.25) is 9.59 Å². The molecule has 8 nitrogen and oxygen atoms in total. The fourth-order valence-electron chi connectivity index (χ4n) is 5.03. The number of rotatable bonds is 11. The van der Waals surface area contributed by atoms with Gasteiger partial charge in [0.15, 0.2) is 0 Å². The lowest BCUT2D eigenvalue weighted by Gasteiger charge is -2.39. The Hall–Kier alpha value is -4.07. The van der Waals surface area contributed by atoms with Gasteiger partial charge in [-0.25, -0.2) is 4.79 Å². The van der Waals surface area contributed by atoms with Gasteiger partial charge in [-0.15, -0.1) is 0 Å². The van der Waals surface area contributed by atoms with E-state index in [9.17, 15) is 19.5 Å². The van der Waals surface area contributed by atoms with Crippen molar-refractivity contribution in [3.8, 4) is 5.75 Å². The van der Waals surface area contributed by atoms with E-state index in [2.05, 4.69) is 24.5 Å². The molecule has 43 heavy (non-hydrogen) atoms. The first kappa shape index (κ1) is 33.4. The lowest BCUT2D eigenvalue weighted by molar-refractivity contribution is -0.144. The van der Waals surface area contributed by atoms with Gasteiger partial charge in [-0.2, -0.15) is 0 Å². The zero-order valence-corrected chi connectivity index (χ0v) is 26.7. The number of carbonyl (C=O) groups excluding carboxylic acids is 3. The highest BCUT2D eigenvalue weighted by atomic mass is 16.6. The number of ether oxygens (including phenoxy) is 1. The minimum Gasteiger partial charge on any atom is -0.508 e. The third-order valence-corrected chi connectivity index (χ3v) is 7.23. The molecule has 232 valence electrons. The molecule has 3 rings (SSSR count). The molecule has 0 saturated heterocycles. The SMILES string of the molecule is CC(C)CCC(C)N(C(=O)C(NC(=O)OC(C)(C)C)C(C)C)C(C(=O)Nc1ccc2ccccc2c1)c1cccc(O)c1. The van der Waals surface area contributed by atoms with Gasteiger partial charge in [0, 0.05) is 11.7 Å². The molecule has 0 fully saturated rings. The molecular formula is C35H47N3O5. The van der Waals surface area contributed by atoms with Gasteiger partial charge in [-0.1, -0.05) is 70.2 Å². The minimum absolute atomic E-state index is 0.0180. The summed E-state index contributed by atoms with van der Waals surface area (Å²) < 4.78 is 5.48. The standard InChI is InChI=1S/C35H47N3O5/c1-22(2)16-17-24(5)38(33(41)30(23(3)4)37-34(42)43-35(6,7)8)31(27-14-11-15-29(39)21-27)32(40)36-28-19-18-25-12-9-10-13-26(25)20-28/h9-15,18-24,30-31,39H,16-17H2,1-8H3,(H,36,40)(H,37,42). The van der Waals surface area contributed by atoms with Crippen molar-refractivity contribution in [3.05, 3.63) is 72.3 Å². The number of alkyl carbamates (subject to hydrolysis) is 1. The minimum atomic E-state index is -1.09. The van der Waals surface area contributed by atoms with Gasteiger partial charge in [0.25, 0.3) is 5.91 Å². The van der Waals surface area contributed by atoms with Crippen LogP contribution in [0, 0.1) is 11.8 Å². The topological polar surface area (TPSA) is 108 Å². The molecule has 3 atom stereocenters. The number of anilines is 1. The molecule has 0 aliphatic rings. The second kappa shape index (κ2) is 14.4. The number of amides is 3. The van der Waals surface area contributed by atoms with E-state index >= 15 is 0 Å².